The number of carboxylic acids is 1. The number of hydrogen-bond acceptors (Lipinski definition) is 4. The minimum Gasteiger partial charge on any atom is -0.481 e. The van der Waals surface area contributed by atoms with Crippen molar-refractivity contribution >= 4 is 11.8 Å². The predicted molar refractivity (Wildman–Crippen MR) is 49.8 cm³/mol. The lowest BCUT2D eigenvalue weighted by molar-refractivity contribution is -0.141. The summed E-state index contributed by atoms with van der Waals surface area (Å²) in [6, 6.07) is 1.46. The summed E-state index contributed by atoms with van der Waals surface area (Å²) in [4.78, 5) is 27.2. The molecule has 0 bridgehead atoms. The van der Waals surface area contributed by atoms with Crippen LogP contribution in [-0.2, 0) is 11.2 Å². The molecule has 0 fully saturated rings. The Morgan fingerprint density at radius 2 is 2.43 bits per heavy atom. The third-order valence-electron chi connectivity index (χ3n) is 1.77. The summed E-state index contributed by atoms with van der Waals surface area (Å²) in [5, 5.41) is 8.64. The van der Waals surface area contributed by atoms with Crippen LogP contribution in [0.25, 0.3) is 0 Å². The summed E-state index contributed by atoms with van der Waals surface area (Å²) in [5.74, 6) is -1.38. The summed E-state index contributed by atoms with van der Waals surface area (Å²) >= 11 is 0. The minimum absolute atomic E-state index is 0.0985. The highest BCUT2D eigenvalue weighted by Crippen LogP contribution is 2.06. The number of hydrogen-bond donors (Lipinski definition) is 3. The highest BCUT2D eigenvalue weighted by atomic mass is 16.4. The van der Waals surface area contributed by atoms with Gasteiger partial charge in [-0.3, -0.25) is 4.79 Å². The molecule has 0 aromatic carbocycles. The molecule has 0 spiro atoms. The van der Waals surface area contributed by atoms with E-state index < -0.39 is 17.6 Å². The van der Waals surface area contributed by atoms with Gasteiger partial charge in [-0.2, -0.15) is 4.98 Å². The lowest BCUT2D eigenvalue weighted by atomic mass is 10.1. The van der Waals surface area contributed by atoms with Crippen molar-refractivity contribution < 1.29 is 9.90 Å². The summed E-state index contributed by atoms with van der Waals surface area (Å²) in [5.41, 5.74) is 5.26. The van der Waals surface area contributed by atoms with Crippen LogP contribution >= 0.6 is 0 Å². The Balaban J connectivity index is 2.87. The molecule has 1 aromatic rings. The number of aliphatic carboxylic acids is 1. The smallest absolute Gasteiger partial charge is 0.347 e. The fraction of sp³-hybridized carbons (Fsp3) is 0.375. The van der Waals surface area contributed by atoms with E-state index in [2.05, 4.69) is 9.97 Å². The second-order valence-electron chi connectivity index (χ2n) is 3.08. The molecule has 0 radical (unpaired) electrons. The molecule has 0 saturated heterocycles. The molecule has 14 heavy (non-hydrogen) atoms. The van der Waals surface area contributed by atoms with Gasteiger partial charge in [0.1, 0.15) is 5.82 Å². The average molecular weight is 197 g/mol. The standard InChI is InChI=1S/C8H11N3O3/c1-4(7(12)13)2-5-3-6(9)11-8(14)10-5/h3-4H,2H2,1H3,(H,12,13)(H3,9,10,11,14). The SMILES string of the molecule is CC(Cc1cc(N)nc(=O)[nH]1)C(=O)O. The Morgan fingerprint density at radius 3 is 2.93 bits per heavy atom. The summed E-state index contributed by atoms with van der Waals surface area (Å²) < 4.78 is 0. The Morgan fingerprint density at radius 1 is 1.79 bits per heavy atom. The molecule has 0 amide bonds. The molecule has 1 unspecified atom stereocenters. The van der Waals surface area contributed by atoms with Crippen molar-refractivity contribution in [2.75, 3.05) is 5.73 Å². The van der Waals surface area contributed by atoms with E-state index in [9.17, 15) is 9.59 Å². The monoisotopic (exact) mass is 197 g/mol. The highest BCUT2D eigenvalue weighted by Gasteiger charge is 2.12. The van der Waals surface area contributed by atoms with E-state index in [1.807, 2.05) is 0 Å². The molecule has 4 N–H and O–H groups in total. The van der Waals surface area contributed by atoms with Crippen molar-refractivity contribution in [2.24, 2.45) is 5.92 Å². The van der Waals surface area contributed by atoms with Gasteiger partial charge in [-0.05, 0) is 6.07 Å². The van der Waals surface area contributed by atoms with Gasteiger partial charge in [0.15, 0.2) is 0 Å². The zero-order valence-corrected chi connectivity index (χ0v) is 7.65. The van der Waals surface area contributed by atoms with Crippen LogP contribution < -0.4 is 11.4 Å². The maximum atomic E-state index is 10.9. The molecule has 76 valence electrons. The summed E-state index contributed by atoms with van der Waals surface area (Å²) in [6.45, 7) is 1.55. The predicted octanol–water partition coefficient (Wildman–Crippen LogP) is -0.385. The maximum absolute atomic E-state index is 10.9. The first kappa shape index (κ1) is 10.2. The molecular weight excluding hydrogens is 186 g/mol. The van der Waals surface area contributed by atoms with E-state index in [1.54, 1.807) is 6.92 Å². The van der Waals surface area contributed by atoms with Gasteiger partial charge in [0.05, 0.1) is 5.92 Å². The molecule has 1 atom stereocenters. The van der Waals surface area contributed by atoms with Gasteiger partial charge in [-0.15, -0.1) is 0 Å². The topological polar surface area (TPSA) is 109 Å². The van der Waals surface area contributed by atoms with Gasteiger partial charge in [0, 0.05) is 12.1 Å². The number of H-pyrrole nitrogens is 1. The summed E-state index contributed by atoms with van der Waals surface area (Å²) in [6.07, 6.45) is 0.233. The minimum atomic E-state index is -0.916. The van der Waals surface area contributed by atoms with Crippen LogP contribution in [0.5, 0.6) is 0 Å². The molecule has 0 saturated carbocycles. The van der Waals surface area contributed by atoms with Crippen molar-refractivity contribution in [3.63, 3.8) is 0 Å². The van der Waals surface area contributed by atoms with Crippen molar-refractivity contribution in [2.45, 2.75) is 13.3 Å². The third kappa shape index (κ3) is 2.58. The van der Waals surface area contributed by atoms with E-state index in [0.29, 0.717) is 5.69 Å². The molecule has 1 aromatic heterocycles. The molecule has 0 aliphatic rings. The first-order valence-corrected chi connectivity index (χ1v) is 4.07. The number of carbonyl (C=O) groups is 1. The van der Waals surface area contributed by atoms with E-state index in [-0.39, 0.29) is 12.2 Å². The molecular formula is C8H11N3O3. The van der Waals surface area contributed by atoms with Crippen molar-refractivity contribution in [3.05, 3.63) is 22.2 Å². The van der Waals surface area contributed by atoms with Gasteiger partial charge >= 0.3 is 11.7 Å². The Labute approximate surface area is 79.8 Å². The largest absolute Gasteiger partial charge is 0.481 e. The molecule has 0 aliphatic carbocycles. The quantitative estimate of drug-likeness (QED) is 0.611. The zero-order chi connectivity index (χ0) is 10.7. The van der Waals surface area contributed by atoms with Crippen LogP contribution in [0.15, 0.2) is 10.9 Å². The van der Waals surface area contributed by atoms with Gasteiger partial charge in [0.2, 0.25) is 0 Å². The van der Waals surface area contributed by atoms with Crippen LogP contribution in [-0.4, -0.2) is 21.0 Å². The number of rotatable bonds is 3. The van der Waals surface area contributed by atoms with E-state index in [1.165, 1.54) is 6.07 Å². The van der Waals surface area contributed by atoms with E-state index in [0.717, 1.165) is 0 Å². The van der Waals surface area contributed by atoms with Crippen LogP contribution in [0.1, 0.15) is 12.6 Å². The van der Waals surface area contributed by atoms with Crippen LogP contribution in [0.3, 0.4) is 0 Å². The van der Waals surface area contributed by atoms with Crippen molar-refractivity contribution in [3.8, 4) is 0 Å². The van der Waals surface area contributed by atoms with E-state index in [4.69, 9.17) is 10.8 Å². The lowest BCUT2D eigenvalue weighted by Crippen LogP contribution is -2.19. The maximum Gasteiger partial charge on any atom is 0.347 e. The second kappa shape index (κ2) is 3.91. The van der Waals surface area contributed by atoms with Gasteiger partial charge in [-0.25, -0.2) is 4.79 Å². The number of aromatic nitrogens is 2. The Hall–Kier alpha value is -1.85. The van der Waals surface area contributed by atoms with E-state index >= 15 is 0 Å². The average Bonchev–Trinajstić information content (AvgIpc) is 2.01. The van der Waals surface area contributed by atoms with Crippen molar-refractivity contribution in [1.29, 1.82) is 0 Å². The number of nitrogen functional groups attached to an aromatic ring is 1. The van der Waals surface area contributed by atoms with Gasteiger partial charge < -0.3 is 15.8 Å². The Bertz CT molecular complexity index is 399. The molecule has 1 heterocycles. The molecule has 0 aliphatic heterocycles. The Kier molecular flexibility index (Phi) is 2.85. The van der Waals surface area contributed by atoms with Crippen LogP contribution in [0.2, 0.25) is 0 Å². The van der Waals surface area contributed by atoms with Gasteiger partial charge in [-0.1, -0.05) is 6.92 Å². The highest BCUT2D eigenvalue weighted by molar-refractivity contribution is 5.69. The first-order valence-electron chi connectivity index (χ1n) is 4.07. The number of nitrogens with two attached hydrogens (primary N) is 1. The van der Waals surface area contributed by atoms with Crippen LogP contribution in [0, 0.1) is 5.92 Å². The van der Waals surface area contributed by atoms with Crippen molar-refractivity contribution in [1.82, 2.24) is 9.97 Å². The number of anilines is 1. The second-order valence-corrected chi connectivity index (χ2v) is 3.08. The first-order chi connectivity index (χ1) is 6.49. The molecule has 6 nitrogen and oxygen atoms in total. The number of nitrogens with one attached hydrogen (secondary N) is 1. The molecule has 6 heteroatoms. The normalized spacial score (nSPS) is 12.4. The number of carboxylic acid groups (broad SMARTS) is 1. The fourth-order valence-electron chi connectivity index (χ4n) is 1.06. The lowest BCUT2D eigenvalue weighted by Gasteiger charge is -2.05. The zero-order valence-electron chi connectivity index (χ0n) is 7.65. The number of nitrogens with zero attached hydrogens (tertiary/aromatic N) is 1. The fourth-order valence-corrected chi connectivity index (χ4v) is 1.06. The number of aromatic amines is 1. The third-order valence-corrected chi connectivity index (χ3v) is 1.77. The summed E-state index contributed by atoms with van der Waals surface area (Å²) in [7, 11) is 0. The van der Waals surface area contributed by atoms with Gasteiger partial charge in [0.25, 0.3) is 0 Å². The molecule has 1 rings (SSSR count). The van der Waals surface area contributed by atoms with Crippen LogP contribution in [0.4, 0.5) is 5.82 Å².